The lowest BCUT2D eigenvalue weighted by Crippen LogP contribution is -1.99. The summed E-state index contributed by atoms with van der Waals surface area (Å²) in [5, 5.41) is 9.60. The third kappa shape index (κ3) is 1.75. The van der Waals surface area contributed by atoms with Gasteiger partial charge in [0.15, 0.2) is 0 Å². The van der Waals surface area contributed by atoms with E-state index in [0.717, 1.165) is 6.42 Å². The number of hydrogen-bond donors (Lipinski definition) is 1. The Labute approximate surface area is 97.8 Å². The van der Waals surface area contributed by atoms with Crippen LogP contribution in [0.2, 0.25) is 0 Å². The van der Waals surface area contributed by atoms with Crippen LogP contribution in [0.3, 0.4) is 0 Å². The molecule has 0 spiro atoms. The topological polar surface area (TPSA) is 20.2 Å². The predicted octanol–water partition coefficient (Wildman–Crippen LogP) is 4.01. The molecule has 0 heterocycles. The van der Waals surface area contributed by atoms with Gasteiger partial charge in [0.25, 0.3) is 0 Å². The fourth-order valence-corrected chi connectivity index (χ4v) is 2.64. The first-order chi connectivity index (χ1) is 7.50. The lowest BCUT2D eigenvalue weighted by atomic mass is 9.91. The Morgan fingerprint density at radius 1 is 1.06 bits per heavy atom. The normalized spacial score (nSPS) is 15.1. The minimum atomic E-state index is 0.377. The van der Waals surface area contributed by atoms with E-state index in [1.165, 1.54) is 22.3 Å². The predicted molar refractivity (Wildman–Crippen MR) is 68.4 cm³/mol. The second kappa shape index (κ2) is 3.97. The second-order valence-electron chi connectivity index (χ2n) is 5.27. The van der Waals surface area contributed by atoms with Crippen molar-refractivity contribution in [1.82, 2.24) is 0 Å². The minimum absolute atomic E-state index is 0.377. The van der Waals surface area contributed by atoms with Crippen LogP contribution in [-0.2, 0) is 6.42 Å². The molecular weight excluding hydrogens is 196 g/mol. The molecule has 0 unspecified atom stereocenters. The molecule has 0 fully saturated rings. The number of benzene rings is 1. The van der Waals surface area contributed by atoms with Gasteiger partial charge in [-0.2, -0.15) is 0 Å². The van der Waals surface area contributed by atoms with E-state index in [4.69, 9.17) is 0 Å². The zero-order valence-corrected chi connectivity index (χ0v) is 10.5. The first-order valence-corrected chi connectivity index (χ1v) is 6.06. The monoisotopic (exact) mass is 216 g/mol. The Kier molecular flexibility index (Phi) is 2.79. The molecule has 1 nitrogen and oxygen atoms in total. The smallest absolute Gasteiger partial charge is 0.116 e. The summed E-state index contributed by atoms with van der Waals surface area (Å²) in [6.45, 7) is 8.97. The summed E-state index contributed by atoms with van der Waals surface area (Å²) >= 11 is 0. The second-order valence-corrected chi connectivity index (χ2v) is 5.27. The van der Waals surface area contributed by atoms with Crippen molar-refractivity contribution >= 4 is 5.57 Å². The van der Waals surface area contributed by atoms with Crippen LogP contribution in [0.15, 0.2) is 23.8 Å². The van der Waals surface area contributed by atoms with Crippen LogP contribution in [0.5, 0.6) is 5.75 Å². The van der Waals surface area contributed by atoms with Gasteiger partial charge < -0.3 is 5.11 Å². The average molecular weight is 216 g/mol. The number of rotatable bonds is 2. The molecule has 0 saturated carbocycles. The number of phenolic OH excluding ortho intramolecular Hbond substituents is 1. The third-order valence-electron chi connectivity index (χ3n) is 3.38. The number of aromatic hydroxyl groups is 1. The zero-order valence-electron chi connectivity index (χ0n) is 10.5. The molecule has 1 aliphatic rings. The Morgan fingerprint density at radius 2 is 1.75 bits per heavy atom. The number of hydrogen-bond acceptors (Lipinski definition) is 1. The molecule has 1 aliphatic carbocycles. The SMILES string of the molecule is CC(C)C1=C(C(C)C)c2cc(O)ccc2C1. The summed E-state index contributed by atoms with van der Waals surface area (Å²) in [6, 6.07) is 5.77. The zero-order chi connectivity index (χ0) is 11.9. The van der Waals surface area contributed by atoms with Gasteiger partial charge in [-0.05, 0) is 47.1 Å². The number of allylic oxidation sites excluding steroid dienone is 2. The van der Waals surface area contributed by atoms with Crippen LogP contribution < -0.4 is 0 Å². The summed E-state index contributed by atoms with van der Waals surface area (Å²) in [5.74, 6) is 1.49. The largest absolute Gasteiger partial charge is 0.508 e. The van der Waals surface area contributed by atoms with Crippen LogP contribution in [0, 0.1) is 11.8 Å². The van der Waals surface area contributed by atoms with Crippen molar-refractivity contribution in [3.63, 3.8) is 0 Å². The van der Waals surface area contributed by atoms with Crippen molar-refractivity contribution in [3.05, 3.63) is 34.9 Å². The van der Waals surface area contributed by atoms with Crippen molar-refractivity contribution in [1.29, 1.82) is 0 Å². The van der Waals surface area contributed by atoms with E-state index in [1.807, 2.05) is 6.07 Å². The third-order valence-corrected chi connectivity index (χ3v) is 3.38. The quantitative estimate of drug-likeness (QED) is 0.791. The van der Waals surface area contributed by atoms with E-state index in [-0.39, 0.29) is 0 Å². The molecule has 86 valence electrons. The van der Waals surface area contributed by atoms with E-state index in [2.05, 4.69) is 33.8 Å². The molecule has 0 aliphatic heterocycles. The van der Waals surface area contributed by atoms with Crippen molar-refractivity contribution in [2.24, 2.45) is 11.8 Å². The molecule has 0 aromatic heterocycles. The maximum Gasteiger partial charge on any atom is 0.116 e. The Bertz CT molecular complexity index is 439. The number of phenols is 1. The van der Waals surface area contributed by atoms with Gasteiger partial charge in [-0.1, -0.05) is 39.3 Å². The highest BCUT2D eigenvalue weighted by Gasteiger charge is 2.25. The standard InChI is InChI=1S/C15H20O/c1-9(2)13-7-11-5-6-12(16)8-14(11)15(13)10(3)4/h5-6,8-10,16H,7H2,1-4H3. The summed E-state index contributed by atoms with van der Waals surface area (Å²) in [5.41, 5.74) is 5.61. The molecule has 16 heavy (non-hydrogen) atoms. The first-order valence-electron chi connectivity index (χ1n) is 6.06. The van der Waals surface area contributed by atoms with E-state index < -0.39 is 0 Å². The maximum absolute atomic E-state index is 9.60. The van der Waals surface area contributed by atoms with Crippen LogP contribution >= 0.6 is 0 Å². The van der Waals surface area contributed by atoms with Crippen LogP contribution in [-0.4, -0.2) is 5.11 Å². The molecule has 1 N–H and O–H groups in total. The fourth-order valence-electron chi connectivity index (χ4n) is 2.64. The highest BCUT2D eigenvalue weighted by atomic mass is 16.3. The lowest BCUT2D eigenvalue weighted by molar-refractivity contribution is 0.475. The fraction of sp³-hybridized carbons (Fsp3) is 0.467. The van der Waals surface area contributed by atoms with E-state index in [0.29, 0.717) is 17.6 Å². The summed E-state index contributed by atoms with van der Waals surface area (Å²) in [4.78, 5) is 0. The number of fused-ring (bicyclic) bond motifs is 1. The van der Waals surface area contributed by atoms with Crippen LogP contribution in [0.25, 0.3) is 5.57 Å². The highest BCUT2D eigenvalue weighted by Crippen LogP contribution is 2.41. The Hall–Kier alpha value is -1.24. The summed E-state index contributed by atoms with van der Waals surface area (Å²) in [7, 11) is 0. The van der Waals surface area contributed by atoms with Crippen molar-refractivity contribution in [2.45, 2.75) is 34.1 Å². The van der Waals surface area contributed by atoms with Gasteiger partial charge in [0, 0.05) is 0 Å². The van der Waals surface area contributed by atoms with Crippen LogP contribution in [0.1, 0.15) is 38.8 Å². The van der Waals surface area contributed by atoms with E-state index in [9.17, 15) is 5.11 Å². The summed E-state index contributed by atoms with van der Waals surface area (Å²) < 4.78 is 0. The molecule has 0 amide bonds. The van der Waals surface area contributed by atoms with Gasteiger partial charge in [0.05, 0.1) is 0 Å². The van der Waals surface area contributed by atoms with Gasteiger partial charge in [0.2, 0.25) is 0 Å². The molecular formula is C15H20O. The van der Waals surface area contributed by atoms with Crippen molar-refractivity contribution in [3.8, 4) is 5.75 Å². The van der Waals surface area contributed by atoms with Gasteiger partial charge >= 0.3 is 0 Å². The van der Waals surface area contributed by atoms with Gasteiger partial charge in [0.1, 0.15) is 5.75 Å². The first kappa shape index (κ1) is 11.3. The molecule has 0 bridgehead atoms. The average Bonchev–Trinajstić information content (AvgIpc) is 2.55. The van der Waals surface area contributed by atoms with E-state index in [1.54, 1.807) is 6.07 Å². The molecule has 2 rings (SSSR count). The molecule has 1 heteroatoms. The van der Waals surface area contributed by atoms with Gasteiger partial charge in [-0.25, -0.2) is 0 Å². The highest BCUT2D eigenvalue weighted by molar-refractivity contribution is 5.78. The lowest BCUT2D eigenvalue weighted by Gasteiger charge is -2.14. The molecule has 0 saturated heterocycles. The van der Waals surface area contributed by atoms with Crippen LogP contribution in [0.4, 0.5) is 0 Å². The minimum Gasteiger partial charge on any atom is -0.508 e. The molecule has 0 radical (unpaired) electrons. The van der Waals surface area contributed by atoms with Gasteiger partial charge in [-0.15, -0.1) is 0 Å². The maximum atomic E-state index is 9.60. The Morgan fingerprint density at radius 3 is 2.31 bits per heavy atom. The van der Waals surface area contributed by atoms with Gasteiger partial charge in [-0.3, -0.25) is 0 Å². The Balaban J connectivity index is 2.56. The molecule has 1 aromatic rings. The molecule has 0 atom stereocenters. The summed E-state index contributed by atoms with van der Waals surface area (Å²) in [6.07, 6.45) is 1.06. The van der Waals surface area contributed by atoms with Crippen molar-refractivity contribution in [2.75, 3.05) is 0 Å². The molecule has 1 aromatic carbocycles. The van der Waals surface area contributed by atoms with Crippen molar-refractivity contribution < 1.29 is 5.11 Å². The van der Waals surface area contributed by atoms with E-state index >= 15 is 0 Å².